The second-order valence-corrected chi connectivity index (χ2v) is 5.03. The fourth-order valence-electron chi connectivity index (χ4n) is 3.08. The molecule has 0 bridgehead atoms. The summed E-state index contributed by atoms with van der Waals surface area (Å²) in [6.45, 7) is 0. The normalized spacial score (nSPS) is 18.6. The van der Waals surface area contributed by atoms with Gasteiger partial charge in [0.2, 0.25) is 5.91 Å². The number of aryl methyl sites for hydroxylation is 1. The van der Waals surface area contributed by atoms with E-state index in [1.54, 1.807) is 5.57 Å². The van der Waals surface area contributed by atoms with Crippen molar-refractivity contribution in [2.75, 3.05) is 0 Å². The molecule has 0 saturated carbocycles. The van der Waals surface area contributed by atoms with Crippen molar-refractivity contribution in [3.63, 3.8) is 0 Å². The van der Waals surface area contributed by atoms with E-state index in [-0.39, 0.29) is 5.91 Å². The third kappa shape index (κ3) is 1.78. The fourth-order valence-corrected chi connectivity index (χ4v) is 3.08. The lowest BCUT2D eigenvalue weighted by molar-refractivity contribution is 0.100. The minimum Gasteiger partial charge on any atom is -0.366 e. The molecule has 17 heavy (non-hydrogen) atoms. The molecule has 2 aliphatic rings. The van der Waals surface area contributed by atoms with Crippen LogP contribution in [0.1, 0.15) is 53.6 Å². The van der Waals surface area contributed by atoms with Gasteiger partial charge in [-0.05, 0) is 67.4 Å². The van der Waals surface area contributed by atoms with Crippen LogP contribution in [0.2, 0.25) is 0 Å². The minimum absolute atomic E-state index is 0.323. The van der Waals surface area contributed by atoms with Crippen molar-refractivity contribution in [1.29, 1.82) is 0 Å². The number of hydrogen-bond acceptors (Lipinski definition) is 1. The predicted molar refractivity (Wildman–Crippen MR) is 68.7 cm³/mol. The summed E-state index contributed by atoms with van der Waals surface area (Å²) in [6.07, 6.45) is 7.34. The number of carbonyl (C=O) groups is 1. The Morgan fingerprint density at radius 3 is 2.71 bits per heavy atom. The van der Waals surface area contributed by atoms with Crippen LogP contribution in [0.25, 0.3) is 5.57 Å². The smallest absolute Gasteiger partial charge is 0.248 e. The molecular weight excluding hydrogens is 210 g/mol. The Morgan fingerprint density at radius 1 is 1.06 bits per heavy atom. The Morgan fingerprint density at radius 2 is 1.88 bits per heavy atom. The van der Waals surface area contributed by atoms with Crippen LogP contribution < -0.4 is 5.73 Å². The molecule has 2 nitrogen and oxygen atoms in total. The fraction of sp³-hybridized carbons (Fsp3) is 0.400. The van der Waals surface area contributed by atoms with Crippen molar-refractivity contribution in [3.05, 3.63) is 40.5 Å². The highest BCUT2D eigenvalue weighted by atomic mass is 16.1. The van der Waals surface area contributed by atoms with Crippen molar-refractivity contribution in [2.24, 2.45) is 5.73 Å². The molecule has 0 aliphatic heterocycles. The zero-order chi connectivity index (χ0) is 11.8. The third-order valence-corrected chi connectivity index (χ3v) is 4.00. The average Bonchev–Trinajstić information content (AvgIpc) is 2.38. The first-order valence-corrected chi connectivity index (χ1v) is 6.40. The Kier molecular flexibility index (Phi) is 2.50. The Hall–Kier alpha value is -1.57. The molecular formula is C15H17NO. The summed E-state index contributed by atoms with van der Waals surface area (Å²) in [6, 6.07) is 5.93. The lowest BCUT2D eigenvalue weighted by Crippen LogP contribution is -2.14. The molecule has 1 aromatic rings. The van der Waals surface area contributed by atoms with Crippen molar-refractivity contribution in [3.8, 4) is 0 Å². The molecule has 2 N–H and O–H groups in total. The molecule has 0 unspecified atom stereocenters. The van der Waals surface area contributed by atoms with Crippen molar-refractivity contribution in [2.45, 2.75) is 38.5 Å². The van der Waals surface area contributed by atoms with Gasteiger partial charge < -0.3 is 5.73 Å². The Balaban J connectivity index is 2.12. The summed E-state index contributed by atoms with van der Waals surface area (Å²) in [5.74, 6) is -0.323. The number of benzene rings is 1. The van der Waals surface area contributed by atoms with Crippen molar-refractivity contribution >= 4 is 11.5 Å². The lowest BCUT2D eigenvalue weighted by Gasteiger charge is -2.27. The molecule has 2 aliphatic carbocycles. The lowest BCUT2D eigenvalue weighted by atomic mass is 9.78. The highest BCUT2D eigenvalue weighted by Gasteiger charge is 2.21. The summed E-state index contributed by atoms with van der Waals surface area (Å²) in [7, 11) is 0. The molecule has 1 aromatic carbocycles. The van der Waals surface area contributed by atoms with E-state index in [9.17, 15) is 4.79 Å². The van der Waals surface area contributed by atoms with Crippen molar-refractivity contribution < 1.29 is 4.79 Å². The van der Waals surface area contributed by atoms with E-state index >= 15 is 0 Å². The molecule has 3 rings (SSSR count). The Labute approximate surface area is 102 Å². The second kappa shape index (κ2) is 4.02. The maximum Gasteiger partial charge on any atom is 0.248 e. The van der Waals surface area contributed by atoms with Gasteiger partial charge in [-0.2, -0.15) is 0 Å². The Bertz CT molecular complexity index is 514. The van der Waals surface area contributed by atoms with Gasteiger partial charge in [0.15, 0.2) is 0 Å². The number of rotatable bonds is 1. The summed E-state index contributed by atoms with van der Waals surface area (Å²) in [5, 5.41) is 0. The van der Waals surface area contributed by atoms with Gasteiger partial charge in [0.1, 0.15) is 0 Å². The maximum atomic E-state index is 11.3. The number of nitrogens with two attached hydrogens (primary N) is 1. The van der Waals surface area contributed by atoms with Crippen LogP contribution in [-0.4, -0.2) is 5.91 Å². The van der Waals surface area contributed by atoms with Gasteiger partial charge in [-0.15, -0.1) is 0 Å². The monoisotopic (exact) mass is 227 g/mol. The van der Waals surface area contributed by atoms with Crippen LogP contribution in [0.3, 0.4) is 0 Å². The first-order valence-electron chi connectivity index (χ1n) is 6.40. The average molecular weight is 227 g/mol. The number of primary amides is 1. The molecule has 0 radical (unpaired) electrons. The first-order chi connectivity index (χ1) is 8.25. The van der Waals surface area contributed by atoms with Gasteiger partial charge >= 0.3 is 0 Å². The first kappa shape index (κ1) is 10.6. The van der Waals surface area contributed by atoms with Crippen LogP contribution in [0.15, 0.2) is 23.8 Å². The highest BCUT2D eigenvalue weighted by molar-refractivity contribution is 5.94. The number of carbonyl (C=O) groups excluding carboxylic acids is 1. The topological polar surface area (TPSA) is 43.1 Å². The van der Waals surface area contributed by atoms with E-state index in [1.807, 2.05) is 12.1 Å². The largest absolute Gasteiger partial charge is 0.366 e. The van der Waals surface area contributed by atoms with Crippen LogP contribution in [0, 0.1) is 0 Å². The van der Waals surface area contributed by atoms with Crippen LogP contribution in [0.5, 0.6) is 0 Å². The minimum atomic E-state index is -0.323. The summed E-state index contributed by atoms with van der Waals surface area (Å²) in [4.78, 5) is 11.3. The molecule has 0 aromatic heterocycles. The van der Waals surface area contributed by atoms with Gasteiger partial charge in [-0.25, -0.2) is 0 Å². The molecule has 0 spiro atoms. The van der Waals surface area contributed by atoms with Crippen LogP contribution in [0.4, 0.5) is 0 Å². The quantitative estimate of drug-likeness (QED) is 0.787. The maximum absolute atomic E-state index is 11.3. The number of amides is 1. The van der Waals surface area contributed by atoms with Crippen LogP contribution in [-0.2, 0) is 6.42 Å². The van der Waals surface area contributed by atoms with E-state index in [0.29, 0.717) is 5.56 Å². The molecule has 2 heteroatoms. The molecule has 0 atom stereocenters. The predicted octanol–water partition coefficient (Wildman–Crippen LogP) is 3.06. The van der Waals surface area contributed by atoms with E-state index in [1.165, 1.54) is 48.8 Å². The van der Waals surface area contributed by atoms with E-state index < -0.39 is 0 Å². The van der Waals surface area contributed by atoms with Gasteiger partial charge in [-0.3, -0.25) is 4.79 Å². The third-order valence-electron chi connectivity index (χ3n) is 4.00. The summed E-state index contributed by atoms with van der Waals surface area (Å²) < 4.78 is 0. The second-order valence-electron chi connectivity index (χ2n) is 5.03. The number of hydrogen-bond donors (Lipinski definition) is 1. The van der Waals surface area contributed by atoms with Gasteiger partial charge in [0.25, 0.3) is 0 Å². The molecule has 0 fully saturated rings. The van der Waals surface area contributed by atoms with Gasteiger partial charge in [-0.1, -0.05) is 11.6 Å². The number of allylic oxidation sites excluding steroid dienone is 2. The molecule has 0 saturated heterocycles. The number of fused-ring (bicyclic) bond motifs is 2. The zero-order valence-electron chi connectivity index (χ0n) is 9.96. The summed E-state index contributed by atoms with van der Waals surface area (Å²) >= 11 is 0. The SMILES string of the molecule is NC(=O)c1ccc2c(c1)C1=C(CCCC1)CC2. The van der Waals surface area contributed by atoms with E-state index in [2.05, 4.69) is 6.07 Å². The molecule has 0 heterocycles. The van der Waals surface area contributed by atoms with Crippen LogP contribution >= 0.6 is 0 Å². The highest BCUT2D eigenvalue weighted by Crippen LogP contribution is 2.40. The molecule has 88 valence electrons. The van der Waals surface area contributed by atoms with E-state index in [4.69, 9.17) is 5.73 Å². The zero-order valence-corrected chi connectivity index (χ0v) is 9.96. The van der Waals surface area contributed by atoms with E-state index in [0.717, 1.165) is 6.42 Å². The standard InChI is InChI=1S/C15H17NO/c16-15(17)12-8-7-11-6-5-10-3-1-2-4-13(10)14(11)9-12/h7-9H,1-6H2,(H2,16,17). The van der Waals surface area contributed by atoms with Gasteiger partial charge in [0, 0.05) is 5.56 Å². The summed E-state index contributed by atoms with van der Waals surface area (Å²) in [5.41, 5.74) is 11.8. The molecule has 1 amide bonds. The van der Waals surface area contributed by atoms with Crippen molar-refractivity contribution in [1.82, 2.24) is 0 Å². The van der Waals surface area contributed by atoms with Gasteiger partial charge in [0.05, 0.1) is 0 Å².